The summed E-state index contributed by atoms with van der Waals surface area (Å²) in [6, 6.07) is 0.436. The Hall–Kier alpha value is -0.680. The quantitative estimate of drug-likeness (QED) is 0.878. The first kappa shape index (κ1) is 11.4. The minimum absolute atomic E-state index is 0.0365. The van der Waals surface area contributed by atoms with Crippen molar-refractivity contribution in [2.24, 2.45) is 0 Å². The molecule has 1 aromatic heterocycles. The van der Waals surface area contributed by atoms with Crippen molar-refractivity contribution in [3.05, 3.63) is 27.4 Å². The maximum Gasteiger partial charge on any atom is 0.267 e. The molecule has 0 saturated carbocycles. The van der Waals surface area contributed by atoms with Crippen LogP contribution in [0.25, 0.3) is 0 Å². The van der Waals surface area contributed by atoms with Gasteiger partial charge in [0.25, 0.3) is 5.56 Å². The van der Waals surface area contributed by atoms with E-state index in [1.54, 1.807) is 10.9 Å². The van der Waals surface area contributed by atoms with Crippen molar-refractivity contribution in [1.29, 1.82) is 0 Å². The molecule has 0 aliphatic heterocycles. The van der Waals surface area contributed by atoms with Crippen LogP contribution in [0.1, 0.15) is 13.8 Å². The van der Waals surface area contributed by atoms with Gasteiger partial charge in [0.2, 0.25) is 0 Å². The zero-order valence-corrected chi connectivity index (χ0v) is 9.91. The number of nitrogens with zero attached hydrogens (tertiary/aromatic N) is 2. The van der Waals surface area contributed by atoms with Crippen LogP contribution >= 0.6 is 15.9 Å². The fraction of sp³-hybridized carbons (Fsp3) is 0.556. The topological polar surface area (TPSA) is 46.9 Å². The summed E-state index contributed by atoms with van der Waals surface area (Å²) in [6.45, 7) is 5.56. The lowest BCUT2D eigenvalue weighted by Gasteiger charge is -2.09. The molecular formula is C9H14BrN3O. The van der Waals surface area contributed by atoms with Crippen molar-refractivity contribution in [2.75, 3.05) is 6.54 Å². The minimum Gasteiger partial charge on any atom is -0.313 e. The van der Waals surface area contributed by atoms with Crippen LogP contribution in [0.15, 0.2) is 21.8 Å². The number of nitrogens with one attached hydrogen (secondary N) is 1. The lowest BCUT2D eigenvalue weighted by molar-refractivity contribution is 0.529. The summed E-state index contributed by atoms with van der Waals surface area (Å²) in [5.74, 6) is 0. The first-order chi connectivity index (χ1) is 6.61. The van der Waals surface area contributed by atoms with Gasteiger partial charge in [0.1, 0.15) is 4.47 Å². The van der Waals surface area contributed by atoms with E-state index in [9.17, 15) is 4.79 Å². The summed E-state index contributed by atoms with van der Waals surface area (Å²) in [5.41, 5.74) is -0.0365. The molecule has 0 spiro atoms. The van der Waals surface area contributed by atoms with E-state index in [2.05, 4.69) is 40.1 Å². The van der Waals surface area contributed by atoms with E-state index < -0.39 is 0 Å². The maximum absolute atomic E-state index is 11.5. The Balaban J connectivity index is 2.59. The fourth-order valence-electron chi connectivity index (χ4n) is 1.06. The van der Waals surface area contributed by atoms with E-state index >= 15 is 0 Å². The van der Waals surface area contributed by atoms with E-state index in [1.807, 2.05) is 0 Å². The highest BCUT2D eigenvalue weighted by molar-refractivity contribution is 9.10. The van der Waals surface area contributed by atoms with Gasteiger partial charge in [0, 0.05) is 25.3 Å². The maximum atomic E-state index is 11.5. The molecule has 0 bridgehead atoms. The predicted molar refractivity (Wildman–Crippen MR) is 59.3 cm³/mol. The van der Waals surface area contributed by atoms with Gasteiger partial charge in [-0.05, 0) is 15.9 Å². The molecule has 1 heterocycles. The highest BCUT2D eigenvalue weighted by Gasteiger charge is 2.00. The molecule has 1 aromatic rings. The van der Waals surface area contributed by atoms with Gasteiger partial charge in [-0.3, -0.25) is 9.36 Å². The SMILES string of the molecule is CC(C)NCCn1cncc(Br)c1=O. The first-order valence-electron chi connectivity index (χ1n) is 4.54. The molecule has 14 heavy (non-hydrogen) atoms. The van der Waals surface area contributed by atoms with E-state index in [1.165, 1.54) is 6.20 Å². The number of hydrogen-bond donors (Lipinski definition) is 1. The summed E-state index contributed by atoms with van der Waals surface area (Å²) in [7, 11) is 0. The number of rotatable bonds is 4. The van der Waals surface area contributed by atoms with Gasteiger partial charge in [0.05, 0.1) is 6.33 Å². The van der Waals surface area contributed by atoms with Crippen molar-refractivity contribution < 1.29 is 0 Å². The molecular weight excluding hydrogens is 246 g/mol. The molecule has 0 saturated heterocycles. The van der Waals surface area contributed by atoms with E-state index in [0.717, 1.165) is 6.54 Å². The van der Waals surface area contributed by atoms with Gasteiger partial charge < -0.3 is 5.32 Å². The third-order valence-electron chi connectivity index (χ3n) is 1.76. The van der Waals surface area contributed by atoms with Gasteiger partial charge in [0.15, 0.2) is 0 Å². The normalized spacial score (nSPS) is 10.9. The minimum atomic E-state index is -0.0365. The van der Waals surface area contributed by atoms with Crippen LogP contribution in [-0.2, 0) is 6.54 Å². The highest BCUT2D eigenvalue weighted by Crippen LogP contribution is 1.97. The van der Waals surface area contributed by atoms with Crippen molar-refractivity contribution in [3.63, 3.8) is 0 Å². The second kappa shape index (κ2) is 5.26. The molecule has 0 radical (unpaired) electrons. The molecule has 0 atom stereocenters. The predicted octanol–water partition coefficient (Wildman–Crippen LogP) is 1.00. The Kier molecular flexibility index (Phi) is 4.28. The van der Waals surface area contributed by atoms with Crippen LogP contribution in [0.5, 0.6) is 0 Å². The van der Waals surface area contributed by atoms with Gasteiger partial charge in [-0.1, -0.05) is 13.8 Å². The average Bonchev–Trinajstić information content (AvgIpc) is 2.12. The van der Waals surface area contributed by atoms with Crippen molar-refractivity contribution >= 4 is 15.9 Å². The third kappa shape index (κ3) is 3.23. The van der Waals surface area contributed by atoms with Gasteiger partial charge in [-0.15, -0.1) is 0 Å². The van der Waals surface area contributed by atoms with Crippen molar-refractivity contribution in [3.8, 4) is 0 Å². The lowest BCUT2D eigenvalue weighted by atomic mass is 10.4. The van der Waals surface area contributed by atoms with Crippen LogP contribution in [0.3, 0.4) is 0 Å². The summed E-state index contributed by atoms with van der Waals surface area (Å²) in [5, 5.41) is 3.24. The molecule has 1 rings (SSSR count). The Labute approximate surface area is 91.5 Å². The smallest absolute Gasteiger partial charge is 0.267 e. The van der Waals surface area contributed by atoms with E-state index in [4.69, 9.17) is 0 Å². The molecule has 0 amide bonds. The Morgan fingerprint density at radius 3 is 3.00 bits per heavy atom. The highest BCUT2D eigenvalue weighted by atomic mass is 79.9. The van der Waals surface area contributed by atoms with Crippen LogP contribution in [-0.4, -0.2) is 22.1 Å². The fourth-order valence-corrected chi connectivity index (χ4v) is 1.40. The standard InChI is InChI=1S/C9H14BrN3O/c1-7(2)12-3-4-13-6-11-5-8(10)9(13)14/h5-7,12H,3-4H2,1-2H3. The Bertz CT molecular complexity index is 348. The lowest BCUT2D eigenvalue weighted by Crippen LogP contribution is -2.30. The molecule has 1 N–H and O–H groups in total. The third-order valence-corrected chi connectivity index (χ3v) is 2.31. The van der Waals surface area contributed by atoms with Gasteiger partial charge in [-0.2, -0.15) is 0 Å². The second-order valence-corrected chi connectivity index (χ2v) is 4.20. The molecule has 0 unspecified atom stereocenters. The Morgan fingerprint density at radius 1 is 1.64 bits per heavy atom. The summed E-state index contributed by atoms with van der Waals surface area (Å²) in [6.07, 6.45) is 3.06. The average molecular weight is 260 g/mol. The summed E-state index contributed by atoms with van der Waals surface area (Å²) in [4.78, 5) is 15.4. The molecule has 0 aliphatic carbocycles. The van der Waals surface area contributed by atoms with Crippen molar-refractivity contribution in [2.45, 2.75) is 26.4 Å². The zero-order valence-electron chi connectivity index (χ0n) is 8.33. The summed E-state index contributed by atoms with van der Waals surface area (Å²) < 4.78 is 2.09. The van der Waals surface area contributed by atoms with E-state index in [0.29, 0.717) is 17.1 Å². The second-order valence-electron chi connectivity index (χ2n) is 3.35. The molecule has 0 aliphatic rings. The monoisotopic (exact) mass is 259 g/mol. The largest absolute Gasteiger partial charge is 0.313 e. The van der Waals surface area contributed by atoms with Crippen LogP contribution in [0, 0.1) is 0 Å². The van der Waals surface area contributed by atoms with Gasteiger partial charge in [-0.25, -0.2) is 4.98 Å². The first-order valence-corrected chi connectivity index (χ1v) is 5.34. The van der Waals surface area contributed by atoms with Crippen LogP contribution in [0.4, 0.5) is 0 Å². The molecule has 78 valence electrons. The molecule has 0 fully saturated rings. The van der Waals surface area contributed by atoms with Gasteiger partial charge >= 0.3 is 0 Å². The Morgan fingerprint density at radius 2 is 2.36 bits per heavy atom. The molecule has 5 heteroatoms. The van der Waals surface area contributed by atoms with Crippen LogP contribution in [0.2, 0.25) is 0 Å². The number of hydrogen-bond acceptors (Lipinski definition) is 3. The zero-order chi connectivity index (χ0) is 10.6. The number of halogens is 1. The van der Waals surface area contributed by atoms with E-state index in [-0.39, 0.29) is 5.56 Å². The molecule has 0 aromatic carbocycles. The van der Waals surface area contributed by atoms with Crippen molar-refractivity contribution in [1.82, 2.24) is 14.9 Å². The van der Waals surface area contributed by atoms with Crippen LogP contribution < -0.4 is 10.9 Å². The number of aromatic nitrogens is 2. The molecule has 4 nitrogen and oxygen atoms in total. The summed E-state index contributed by atoms with van der Waals surface area (Å²) >= 11 is 3.15.